The van der Waals surface area contributed by atoms with E-state index < -0.39 is 12.3 Å². The van der Waals surface area contributed by atoms with Gasteiger partial charge in [0.1, 0.15) is 11.9 Å². The van der Waals surface area contributed by atoms with Gasteiger partial charge in [-0.05, 0) is 324 Å². The summed E-state index contributed by atoms with van der Waals surface area (Å²) in [6, 6.07) is 66.5. The number of pyridine rings is 1. The number of nitrogens with one attached hydrogen (secondary N) is 7. The first-order valence-electron chi connectivity index (χ1n) is 51.2. The number of nitrogens with zero attached hydrogens (tertiary/aromatic N) is 3. The molecule has 9 amide bonds. The standard InChI is InChI=1S/C17H26N2O.C17H25NO2.C16H23NO2.C14H21NO.C12H17NO2.C12H17NO.C11H16N2O.C11H15NO.C10H13NO/c1-12(2)13-4-6-14(7-5-13)17(20)19-16-10-8-15(18-3)9-11-16;1-11(2)13-5-7-14(8-6-13)17(20)18-15-9-4-12(3)10-16(15)19;1-11(2)12-3-5-13(6-4-12)16(19)17-14-7-9-15(18)10-8-14;1-10(2)11-6-8-12(9-7-11)13(16)15-14(3,4)5;1-8(2)10-4-6-11(7-5-10)12(15)13-9(3)14;1-9(2)10-5-7-11(8-6-10)12(14)13(3)4;1-8(2)9-5-6-12-10(7-9)11(14)13(3)4;1-8(2)9-4-6-10(7-5-9)11(13)12-3;1-7(2)8-3-5-9(6-4-8)10(11)12/h4-7,12,15-16,18H,8-11H2,1-3H3,(H,19,20);5-8,11-12,15-16,19H,4,9-10H2,1-3H3,(H,18,20);3-6,11,14-15,18H,7-10H2,1-2H3,(H,17,19);6-10H,1-5H3,(H,15,16);4-9,14H,1-3H3,(H,13,15);5-9H,1-4H3;5-8H,1-4H3;4-8H,1-3H3,(H,12,13);3-7H,1-2H3,(H2,11,12)/t;;;;9-;;;;/m....1..../s1. The van der Waals surface area contributed by atoms with Crippen molar-refractivity contribution in [3.05, 3.63) is 313 Å². The number of primary amides is 1. The highest BCUT2D eigenvalue weighted by atomic mass is 16.3. The largest absolute Gasteiger partial charge is 0.393 e. The smallest absolute Gasteiger partial charge is 0.271 e. The first kappa shape index (κ1) is 123. The quantitative estimate of drug-likeness (QED) is 0.0265. The molecule has 1 heterocycles. The molecule has 0 bridgehead atoms. The maximum absolute atomic E-state index is 12.2. The summed E-state index contributed by atoms with van der Waals surface area (Å²) in [6.07, 6.45) is 10.7. The minimum absolute atomic E-state index is 0.00306. The Bertz CT molecular complexity index is 5280. The number of aromatic nitrogens is 1. The van der Waals surface area contributed by atoms with E-state index in [0.29, 0.717) is 99.2 Å². The third-order valence-corrected chi connectivity index (χ3v) is 25.2. The van der Waals surface area contributed by atoms with Crippen LogP contribution in [0.3, 0.4) is 0 Å². The van der Waals surface area contributed by atoms with Crippen molar-refractivity contribution in [2.24, 2.45) is 11.7 Å². The molecule has 0 spiro atoms. The molecule has 3 aliphatic carbocycles. The lowest BCUT2D eigenvalue weighted by Gasteiger charge is -2.32. The number of aliphatic hydroxyl groups excluding tert-OH is 3. The first-order valence-corrected chi connectivity index (χ1v) is 51.2. The number of aliphatic hydroxyl groups is 3. The van der Waals surface area contributed by atoms with Crippen LogP contribution in [0.2, 0.25) is 0 Å². The second kappa shape index (κ2) is 62.5. The molecule has 3 unspecified atom stereocenters. The van der Waals surface area contributed by atoms with Crippen LogP contribution in [0.4, 0.5) is 0 Å². The molecule has 4 atom stereocenters. The molecule has 23 heteroatoms. The molecule has 0 aliphatic heterocycles. The van der Waals surface area contributed by atoms with Crippen molar-refractivity contribution in [1.29, 1.82) is 0 Å². The number of rotatable bonds is 23. The summed E-state index contributed by atoms with van der Waals surface area (Å²) in [6.45, 7) is 47.9. The molecule has 8 aromatic carbocycles. The summed E-state index contributed by atoms with van der Waals surface area (Å²) < 4.78 is 0. The molecule has 0 saturated heterocycles. The zero-order valence-corrected chi connectivity index (χ0v) is 91.2. The van der Waals surface area contributed by atoms with Crippen molar-refractivity contribution >= 4 is 53.2 Å². The lowest BCUT2D eigenvalue weighted by molar-refractivity contribution is 0.0599. The topological polar surface area (TPSA) is 344 Å². The van der Waals surface area contributed by atoms with Crippen LogP contribution in [0.15, 0.2) is 212 Å². The Kier molecular flexibility index (Phi) is 53.9. The van der Waals surface area contributed by atoms with Crippen molar-refractivity contribution in [2.75, 3.05) is 42.3 Å². The third kappa shape index (κ3) is 45.6. The van der Waals surface area contributed by atoms with Crippen LogP contribution >= 0.6 is 0 Å². The fourth-order valence-electron chi connectivity index (χ4n) is 15.5. The van der Waals surface area contributed by atoms with Gasteiger partial charge in [0, 0.05) is 110 Å². The summed E-state index contributed by atoms with van der Waals surface area (Å²) in [5.74, 6) is 4.22. The van der Waals surface area contributed by atoms with Gasteiger partial charge in [-0.15, -0.1) is 0 Å². The van der Waals surface area contributed by atoms with E-state index in [-0.39, 0.29) is 76.9 Å². The van der Waals surface area contributed by atoms with Gasteiger partial charge in [-0.1, -0.05) is 229 Å². The van der Waals surface area contributed by atoms with E-state index in [1.165, 1.54) is 56.3 Å². The molecular formula is C120H173N11O12. The Morgan fingerprint density at radius 2 is 0.622 bits per heavy atom. The van der Waals surface area contributed by atoms with E-state index in [1.54, 1.807) is 70.6 Å². The Labute approximate surface area is 856 Å². The first-order chi connectivity index (χ1) is 67.2. The molecule has 12 N–H and O–H groups in total. The lowest BCUT2D eigenvalue weighted by atomic mass is 9.85. The van der Waals surface area contributed by atoms with Crippen molar-refractivity contribution < 1.29 is 58.5 Å². The van der Waals surface area contributed by atoms with Crippen LogP contribution in [0, 0.1) is 5.92 Å². The molecule has 780 valence electrons. The molecule has 9 aromatic rings. The van der Waals surface area contributed by atoms with Gasteiger partial charge in [0.15, 0.2) is 0 Å². The van der Waals surface area contributed by atoms with Gasteiger partial charge in [-0.3, -0.25) is 48.1 Å². The Morgan fingerprint density at radius 3 is 0.902 bits per heavy atom. The Morgan fingerprint density at radius 1 is 0.343 bits per heavy atom. The predicted molar refractivity (Wildman–Crippen MR) is 585 cm³/mol. The number of benzene rings is 8. The SMILES string of the molecule is CC(C)c1ccc(C(=O)N(C)C)cc1.CC(C)c1ccc(C(=O)NC(C)(C)C)cc1.CC(C)c1ccc(C(=O)NC2CCC(O)CC2)cc1.CC(C)c1ccc(C(=O)N[C@@H](C)O)cc1.CC(C)c1ccc(C(N)=O)cc1.CC(C)c1ccnc(C(=O)N(C)C)c1.CC1CCC(NC(=O)c2ccc(C(C)C)cc2)C(O)C1.CNC(=O)c1ccc(C(C)C)cc1.CNC1CCC(NC(=O)c2ccc(C(C)C)cc2)CC1. The summed E-state index contributed by atoms with van der Waals surface area (Å²) in [5, 5.41) is 48.9. The average molecular weight is 1960 g/mol. The Balaban J connectivity index is 0.000000337. The molecule has 0 radical (unpaired) electrons. The molecule has 12 rings (SSSR count). The number of hydrogen-bond acceptors (Lipinski definition) is 14. The average Bonchev–Trinajstić information content (AvgIpc) is 0.840. The van der Waals surface area contributed by atoms with E-state index >= 15 is 0 Å². The molecular weight excluding hydrogens is 1790 g/mol. The van der Waals surface area contributed by atoms with Crippen molar-refractivity contribution in [3.63, 3.8) is 0 Å². The highest BCUT2D eigenvalue weighted by Crippen LogP contribution is 2.28. The fraction of sp³-hybridized carbons (Fsp3) is 0.483. The van der Waals surface area contributed by atoms with Gasteiger partial charge >= 0.3 is 0 Å². The number of hydrogen-bond donors (Lipinski definition) is 11. The van der Waals surface area contributed by atoms with E-state index in [4.69, 9.17) is 10.8 Å². The van der Waals surface area contributed by atoms with E-state index in [2.05, 4.69) is 186 Å². The van der Waals surface area contributed by atoms with Crippen molar-refractivity contribution in [1.82, 2.24) is 52.0 Å². The molecule has 3 saturated carbocycles. The van der Waals surface area contributed by atoms with Gasteiger partial charge in [0.25, 0.3) is 47.3 Å². The number of carbonyl (C=O) groups is 9. The third-order valence-electron chi connectivity index (χ3n) is 25.2. The summed E-state index contributed by atoms with van der Waals surface area (Å²) in [5.41, 5.74) is 22.0. The predicted octanol–water partition coefficient (Wildman–Crippen LogP) is 22.7. The summed E-state index contributed by atoms with van der Waals surface area (Å²) in [4.78, 5) is 112. The van der Waals surface area contributed by atoms with E-state index in [9.17, 15) is 53.4 Å². The zero-order chi connectivity index (χ0) is 107. The van der Waals surface area contributed by atoms with E-state index in [0.717, 1.165) is 98.4 Å². The van der Waals surface area contributed by atoms with Crippen LogP contribution in [-0.4, -0.2) is 174 Å². The Hall–Kier alpha value is -12.0. The fourth-order valence-corrected chi connectivity index (χ4v) is 15.5. The second-order valence-corrected chi connectivity index (χ2v) is 41.9. The van der Waals surface area contributed by atoms with Gasteiger partial charge in [0.2, 0.25) is 5.91 Å². The maximum Gasteiger partial charge on any atom is 0.271 e. The van der Waals surface area contributed by atoms with Crippen LogP contribution < -0.4 is 43.0 Å². The molecule has 3 fully saturated rings. The highest BCUT2D eigenvalue weighted by molar-refractivity contribution is 5.98. The van der Waals surface area contributed by atoms with E-state index in [1.807, 2.05) is 198 Å². The molecule has 1 aromatic heterocycles. The van der Waals surface area contributed by atoms with Gasteiger partial charge < -0.3 is 68.1 Å². The number of carbonyl (C=O) groups excluding carboxylic acids is 9. The van der Waals surface area contributed by atoms with Crippen LogP contribution in [0.5, 0.6) is 0 Å². The van der Waals surface area contributed by atoms with Crippen molar-refractivity contribution in [2.45, 2.75) is 331 Å². The monoisotopic (exact) mass is 1960 g/mol. The summed E-state index contributed by atoms with van der Waals surface area (Å²) >= 11 is 0. The molecule has 23 nitrogen and oxygen atoms in total. The van der Waals surface area contributed by atoms with Crippen molar-refractivity contribution in [3.8, 4) is 0 Å². The maximum atomic E-state index is 12.2. The minimum atomic E-state index is -0.817. The van der Waals surface area contributed by atoms with Crippen LogP contribution in [-0.2, 0) is 0 Å². The summed E-state index contributed by atoms with van der Waals surface area (Å²) in [7, 11) is 10.6. The zero-order valence-electron chi connectivity index (χ0n) is 91.2. The molecule has 143 heavy (non-hydrogen) atoms. The second-order valence-electron chi connectivity index (χ2n) is 41.9. The lowest BCUT2D eigenvalue weighted by Crippen LogP contribution is -2.46. The number of amides is 9. The highest BCUT2D eigenvalue weighted by Gasteiger charge is 2.30. The van der Waals surface area contributed by atoms with Crippen LogP contribution in [0.1, 0.15) is 427 Å². The van der Waals surface area contributed by atoms with Gasteiger partial charge in [-0.25, -0.2) is 0 Å². The minimum Gasteiger partial charge on any atom is -0.393 e. The van der Waals surface area contributed by atoms with Crippen LogP contribution in [0.25, 0.3) is 0 Å². The number of nitrogens with two attached hydrogens (primary N) is 1. The van der Waals surface area contributed by atoms with Gasteiger partial charge in [-0.2, -0.15) is 0 Å². The molecule has 3 aliphatic rings. The van der Waals surface area contributed by atoms with Gasteiger partial charge in [0.05, 0.1) is 18.2 Å². The normalized spacial score (nSPS) is 16.4.